The molecule has 3 aromatic carbocycles. The van der Waals surface area contributed by atoms with Gasteiger partial charge in [0.1, 0.15) is 10.7 Å². The van der Waals surface area contributed by atoms with Crippen LogP contribution >= 0.6 is 0 Å². The molecule has 1 aromatic heterocycles. The summed E-state index contributed by atoms with van der Waals surface area (Å²) in [6.45, 7) is 2.98. The van der Waals surface area contributed by atoms with Crippen LogP contribution < -0.4 is 4.72 Å². The molecule has 2 heterocycles. The van der Waals surface area contributed by atoms with Crippen LogP contribution in [0.25, 0.3) is 10.9 Å². The number of rotatable bonds is 6. The summed E-state index contributed by atoms with van der Waals surface area (Å²) in [5, 5.41) is 0.698. The Morgan fingerprint density at radius 1 is 1.03 bits per heavy atom. The van der Waals surface area contributed by atoms with E-state index < -0.39 is 27.5 Å². The van der Waals surface area contributed by atoms with E-state index in [9.17, 15) is 26.4 Å². The van der Waals surface area contributed by atoms with E-state index in [0.29, 0.717) is 47.9 Å². The topological polar surface area (TPSA) is 82.6 Å². The largest absolute Gasteiger partial charge is 0.333 e. The average Bonchev–Trinajstić information content (AvgIpc) is 2.91. The Kier molecular flexibility index (Phi) is 7.28. The summed E-state index contributed by atoms with van der Waals surface area (Å²) in [5.41, 5.74) is 0.958. The second kappa shape index (κ2) is 10.7. The third kappa shape index (κ3) is 5.59. The lowest BCUT2D eigenvalue weighted by molar-refractivity contribution is 0.0473. The zero-order valence-electron chi connectivity index (χ0n) is 20.9. The van der Waals surface area contributed by atoms with E-state index in [1.165, 1.54) is 24.4 Å². The number of fused-ring (bicyclic) bond motifs is 1. The quantitative estimate of drug-likeness (QED) is 0.347. The van der Waals surface area contributed by atoms with Gasteiger partial charge in [0.15, 0.2) is 11.6 Å². The number of nitrogens with zero attached hydrogens (tertiary/aromatic N) is 3. The number of aromatic nitrogens is 1. The Morgan fingerprint density at radius 3 is 2.51 bits per heavy atom. The molecular formula is C28H25F3N4O3S. The van der Waals surface area contributed by atoms with Gasteiger partial charge in [-0.15, -0.1) is 0 Å². The molecule has 1 N–H and O–H groups in total. The molecule has 1 aliphatic heterocycles. The van der Waals surface area contributed by atoms with E-state index in [1.807, 2.05) is 11.8 Å². The molecule has 1 atom stereocenters. The fourth-order valence-corrected chi connectivity index (χ4v) is 6.03. The molecular weight excluding hydrogens is 529 g/mol. The number of halogens is 3. The highest BCUT2D eigenvalue weighted by Gasteiger charge is 2.29. The van der Waals surface area contributed by atoms with Gasteiger partial charge >= 0.3 is 0 Å². The van der Waals surface area contributed by atoms with Gasteiger partial charge in [0.05, 0.1) is 5.52 Å². The SMILES string of the molecule is CC1CN(Cc2cc(F)cc(F)c2F)CCN1C(=O)c1ccc(NS(=O)(=O)c2cccc3cccnc23)cc1. The Hall–Kier alpha value is -3.96. The van der Waals surface area contributed by atoms with Gasteiger partial charge < -0.3 is 4.90 Å². The molecule has 39 heavy (non-hydrogen) atoms. The molecule has 0 spiro atoms. The maximum Gasteiger partial charge on any atom is 0.264 e. The Bertz CT molecular complexity index is 1640. The van der Waals surface area contributed by atoms with Crippen molar-refractivity contribution in [3.05, 3.63) is 102 Å². The first-order chi connectivity index (χ1) is 18.6. The molecule has 0 bridgehead atoms. The van der Waals surface area contributed by atoms with Crippen LogP contribution in [-0.2, 0) is 16.6 Å². The van der Waals surface area contributed by atoms with Crippen molar-refractivity contribution in [2.75, 3.05) is 24.4 Å². The first-order valence-corrected chi connectivity index (χ1v) is 13.7. The fraction of sp³-hybridized carbons (Fsp3) is 0.214. The minimum Gasteiger partial charge on any atom is -0.333 e. The number of piperazine rings is 1. The Morgan fingerprint density at radius 2 is 1.77 bits per heavy atom. The predicted molar refractivity (Wildman–Crippen MR) is 141 cm³/mol. The van der Waals surface area contributed by atoms with E-state index in [2.05, 4.69) is 9.71 Å². The molecule has 1 amide bonds. The first-order valence-electron chi connectivity index (χ1n) is 12.3. The van der Waals surface area contributed by atoms with Crippen LogP contribution in [0.2, 0.25) is 0 Å². The second-order valence-corrected chi connectivity index (χ2v) is 11.1. The summed E-state index contributed by atoms with van der Waals surface area (Å²) in [7, 11) is -3.93. The molecule has 0 saturated carbocycles. The summed E-state index contributed by atoms with van der Waals surface area (Å²) in [6, 6.07) is 15.8. The van der Waals surface area contributed by atoms with Crippen LogP contribution in [0.5, 0.6) is 0 Å². The van der Waals surface area contributed by atoms with Gasteiger partial charge in [0.2, 0.25) is 0 Å². The normalized spacial score (nSPS) is 16.4. The monoisotopic (exact) mass is 554 g/mol. The summed E-state index contributed by atoms with van der Waals surface area (Å²) >= 11 is 0. The lowest BCUT2D eigenvalue weighted by Crippen LogP contribution is -2.53. The summed E-state index contributed by atoms with van der Waals surface area (Å²) in [6.07, 6.45) is 1.53. The van der Waals surface area contributed by atoms with E-state index in [1.54, 1.807) is 41.3 Å². The minimum absolute atomic E-state index is 0.0218. The van der Waals surface area contributed by atoms with E-state index in [0.717, 1.165) is 6.07 Å². The first kappa shape index (κ1) is 26.6. The molecule has 202 valence electrons. The van der Waals surface area contributed by atoms with Crippen molar-refractivity contribution in [1.29, 1.82) is 0 Å². The molecule has 1 saturated heterocycles. The summed E-state index contributed by atoms with van der Waals surface area (Å²) < 4.78 is 69.8. The van der Waals surface area contributed by atoms with Gasteiger partial charge in [-0.1, -0.05) is 18.2 Å². The number of amides is 1. The maximum absolute atomic E-state index is 14.1. The van der Waals surface area contributed by atoms with Gasteiger partial charge in [0, 0.05) is 66.7 Å². The number of hydrogen-bond donors (Lipinski definition) is 1. The molecule has 7 nitrogen and oxygen atoms in total. The standard InChI is InChI=1S/C28H25F3N4O3S/c1-18-16-34(17-21-14-22(29)15-24(30)26(21)31)12-13-35(18)28(36)20-7-9-23(10-8-20)33-39(37,38)25-6-2-4-19-5-3-11-32-27(19)25/h2-11,14-15,18,33H,12-13,16-17H2,1H3. The van der Waals surface area contributed by atoms with Crippen molar-refractivity contribution in [2.24, 2.45) is 0 Å². The number of sulfonamides is 1. The fourth-order valence-electron chi connectivity index (χ4n) is 4.79. The van der Waals surface area contributed by atoms with Gasteiger partial charge in [-0.3, -0.25) is 19.4 Å². The molecule has 1 unspecified atom stereocenters. The molecule has 11 heteroatoms. The van der Waals surface area contributed by atoms with Crippen molar-refractivity contribution < 1.29 is 26.4 Å². The molecule has 0 aliphatic carbocycles. The van der Waals surface area contributed by atoms with E-state index in [4.69, 9.17) is 0 Å². The van der Waals surface area contributed by atoms with Crippen molar-refractivity contribution in [1.82, 2.24) is 14.8 Å². The molecule has 5 rings (SSSR count). The zero-order chi connectivity index (χ0) is 27.7. The van der Waals surface area contributed by atoms with Crippen LogP contribution in [0.3, 0.4) is 0 Å². The molecule has 4 aromatic rings. The summed E-state index contributed by atoms with van der Waals surface area (Å²) in [5.74, 6) is -3.38. The summed E-state index contributed by atoms with van der Waals surface area (Å²) in [4.78, 5) is 20.9. The smallest absolute Gasteiger partial charge is 0.264 e. The molecule has 1 aliphatic rings. The maximum atomic E-state index is 14.1. The van der Waals surface area contributed by atoms with Crippen molar-refractivity contribution >= 4 is 32.5 Å². The Balaban J connectivity index is 1.24. The minimum atomic E-state index is -3.93. The van der Waals surface area contributed by atoms with Gasteiger partial charge in [0.25, 0.3) is 15.9 Å². The average molecular weight is 555 g/mol. The molecule has 0 radical (unpaired) electrons. The third-order valence-electron chi connectivity index (χ3n) is 6.70. The van der Waals surface area contributed by atoms with Crippen LogP contribution in [0, 0.1) is 17.5 Å². The highest BCUT2D eigenvalue weighted by Crippen LogP contribution is 2.24. The van der Waals surface area contributed by atoms with E-state index >= 15 is 0 Å². The number of carbonyl (C=O) groups is 1. The molecule has 1 fully saturated rings. The highest BCUT2D eigenvalue weighted by atomic mass is 32.2. The zero-order valence-corrected chi connectivity index (χ0v) is 21.8. The number of para-hydroxylation sites is 1. The highest BCUT2D eigenvalue weighted by molar-refractivity contribution is 7.93. The van der Waals surface area contributed by atoms with Crippen LogP contribution in [0.4, 0.5) is 18.9 Å². The van der Waals surface area contributed by atoms with Crippen LogP contribution in [0.1, 0.15) is 22.8 Å². The van der Waals surface area contributed by atoms with Crippen LogP contribution in [-0.4, -0.2) is 54.8 Å². The van der Waals surface area contributed by atoms with Crippen molar-refractivity contribution in [3.8, 4) is 0 Å². The van der Waals surface area contributed by atoms with Crippen molar-refractivity contribution in [3.63, 3.8) is 0 Å². The number of carbonyl (C=O) groups excluding carboxylic acids is 1. The Labute approximate surface area is 223 Å². The van der Waals surface area contributed by atoms with Gasteiger partial charge in [-0.25, -0.2) is 21.6 Å². The lowest BCUT2D eigenvalue weighted by atomic mass is 10.1. The number of benzene rings is 3. The van der Waals surface area contributed by atoms with Gasteiger partial charge in [-0.05, 0) is 49.4 Å². The number of nitrogens with one attached hydrogen (secondary N) is 1. The van der Waals surface area contributed by atoms with Gasteiger partial charge in [-0.2, -0.15) is 0 Å². The van der Waals surface area contributed by atoms with Crippen LogP contribution in [0.15, 0.2) is 77.8 Å². The lowest BCUT2D eigenvalue weighted by Gasteiger charge is -2.40. The predicted octanol–water partition coefficient (Wildman–Crippen LogP) is 4.80. The second-order valence-electron chi connectivity index (χ2n) is 9.46. The third-order valence-corrected chi connectivity index (χ3v) is 8.12. The number of pyridine rings is 1. The van der Waals surface area contributed by atoms with Crippen molar-refractivity contribution in [2.45, 2.75) is 24.4 Å². The van der Waals surface area contributed by atoms with E-state index in [-0.39, 0.29) is 29.0 Å². The number of hydrogen-bond acceptors (Lipinski definition) is 5. The number of anilines is 1.